The van der Waals surface area contributed by atoms with Crippen LogP contribution in [0.15, 0.2) is 33.6 Å². The molecule has 1 aromatic rings. The van der Waals surface area contributed by atoms with Crippen LogP contribution in [0.2, 0.25) is 0 Å². The Labute approximate surface area is 132 Å². The second-order valence-electron chi connectivity index (χ2n) is 4.30. The number of benzene rings is 1. The number of anilines is 1. The Morgan fingerprint density at radius 3 is 2.77 bits per heavy atom. The summed E-state index contributed by atoms with van der Waals surface area (Å²) in [5.41, 5.74) is 0.415. The van der Waals surface area contributed by atoms with Gasteiger partial charge < -0.3 is 10.1 Å². The highest BCUT2D eigenvalue weighted by Gasteiger charge is 2.25. The number of nitrogens with one attached hydrogen (secondary N) is 1. The van der Waals surface area contributed by atoms with E-state index in [0.717, 1.165) is 11.8 Å². The van der Waals surface area contributed by atoms with E-state index in [1.54, 1.807) is 25.1 Å². The van der Waals surface area contributed by atoms with Crippen molar-refractivity contribution < 1.29 is 22.7 Å². The molecule has 2 rings (SSSR count). The number of hydrogen-bond donors (Lipinski definition) is 1. The van der Waals surface area contributed by atoms with Gasteiger partial charge in [-0.3, -0.25) is 9.59 Å². The molecule has 0 fully saturated rings. The minimum Gasteiger partial charge on any atom is -0.466 e. The van der Waals surface area contributed by atoms with Gasteiger partial charge in [0.2, 0.25) is 0 Å². The maximum absolute atomic E-state index is 12.0. The minimum absolute atomic E-state index is 0.0671. The SMILES string of the molecule is CCOC(=O)CC(=O)CSC1=NS(=O)(=O)c2ccccc2N1. The number of ether oxygens (including phenoxy) is 1. The van der Waals surface area contributed by atoms with E-state index in [4.69, 9.17) is 0 Å². The molecule has 118 valence electrons. The number of nitrogens with zero attached hydrogens (tertiary/aromatic N) is 1. The van der Waals surface area contributed by atoms with E-state index >= 15 is 0 Å². The van der Waals surface area contributed by atoms with Crippen molar-refractivity contribution in [1.29, 1.82) is 0 Å². The number of carbonyl (C=O) groups excluding carboxylic acids is 2. The van der Waals surface area contributed by atoms with Gasteiger partial charge in [0.1, 0.15) is 11.3 Å². The maximum atomic E-state index is 12.0. The lowest BCUT2D eigenvalue weighted by atomic mass is 10.3. The first-order valence-corrected chi connectivity index (χ1v) is 8.86. The zero-order valence-electron chi connectivity index (χ0n) is 11.7. The first kappa shape index (κ1) is 16.5. The van der Waals surface area contributed by atoms with E-state index in [-0.39, 0.29) is 34.6 Å². The van der Waals surface area contributed by atoms with Crippen LogP contribution in [0.5, 0.6) is 0 Å². The molecule has 0 aliphatic carbocycles. The summed E-state index contributed by atoms with van der Waals surface area (Å²) in [6.45, 7) is 1.86. The van der Waals surface area contributed by atoms with Crippen LogP contribution in [0.1, 0.15) is 13.3 Å². The highest BCUT2D eigenvalue weighted by Crippen LogP contribution is 2.28. The Balaban J connectivity index is 1.99. The quantitative estimate of drug-likeness (QED) is 0.637. The number of thioether (sulfide) groups is 1. The van der Waals surface area contributed by atoms with Gasteiger partial charge in [0.05, 0.1) is 18.0 Å². The molecule has 1 aliphatic heterocycles. The molecule has 0 radical (unpaired) electrons. The Hall–Kier alpha value is -1.87. The predicted octanol–water partition coefficient (Wildman–Crippen LogP) is 1.41. The van der Waals surface area contributed by atoms with Crippen molar-refractivity contribution >= 4 is 44.4 Å². The third-order valence-electron chi connectivity index (χ3n) is 2.63. The van der Waals surface area contributed by atoms with E-state index in [1.807, 2.05) is 0 Å². The molecule has 1 N–H and O–H groups in total. The van der Waals surface area contributed by atoms with E-state index in [0.29, 0.717) is 5.69 Å². The number of rotatable bonds is 5. The molecule has 0 aromatic heterocycles. The molecular formula is C13H14N2O5S2. The first-order chi connectivity index (χ1) is 10.4. The van der Waals surface area contributed by atoms with E-state index in [9.17, 15) is 18.0 Å². The number of Topliss-reactive ketones (excluding diaryl/α,β-unsaturated/α-hetero) is 1. The van der Waals surface area contributed by atoms with Crippen LogP contribution in [0, 0.1) is 0 Å². The smallest absolute Gasteiger partial charge is 0.313 e. The zero-order chi connectivity index (χ0) is 16.2. The number of para-hydroxylation sites is 1. The summed E-state index contributed by atoms with van der Waals surface area (Å²) >= 11 is 0.934. The van der Waals surface area contributed by atoms with Gasteiger partial charge in [-0.05, 0) is 19.1 Å². The van der Waals surface area contributed by atoms with Crippen molar-refractivity contribution in [2.45, 2.75) is 18.2 Å². The summed E-state index contributed by atoms with van der Waals surface area (Å²) in [5, 5.41) is 2.96. The van der Waals surface area contributed by atoms with Crippen molar-refractivity contribution in [2.75, 3.05) is 17.7 Å². The minimum atomic E-state index is -3.77. The third kappa shape index (κ3) is 4.08. The summed E-state index contributed by atoms with van der Waals surface area (Å²) in [7, 11) is -3.77. The number of carbonyl (C=O) groups is 2. The Morgan fingerprint density at radius 2 is 2.05 bits per heavy atom. The maximum Gasteiger partial charge on any atom is 0.313 e. The Bertz CT molecular complexity index is 728. The van der Waals surface area contributed by atoms with Gasteiger partial charge in [-0.25, -0.2) is 0 Å². The second kappa shape index (κ2) is 6.93. The van der Waals surface area contributed by atoms with Gasteiger partial charge in [-0.15, -0.1) is 4.40 Å². The number of amidine groups is 1. The fraction of sp³-hybridized carbons (Fsp3) is 0.308. The zero-order valence-corrected chi connectivity index (χ0v) is 13.4. The molecule has 0 saturated heterocycles. The molecule has 0 unspecified atom stereocenters. The van der Waals surface area contributed by atoms with Crippen molar-refractivity contribution in [3.63, 3.8) is 0 Å². The molecule has 9 heteroatoms. The molecule has 0 amide bonds. The normalized spacial score (nSPS) is 15.2. The topological polar surface area (TPSA) is 102 Å². The summed E-state index contributed by atoms with van der Waals surface area (Å²) < 4.78 is 32.3. The van der Waals surface area contributed by atoms with Gasteiger partial charge in [0, 0.05) is 0 Å². The Kier molecular flexibility index (Phi) is 5.19. The van der Waals surface area contributed by atoms with Gasteiger partial charge in [-0.1, -0.05) is 23.9 Å². The van der Waals surface area contributed by atoms with E-state index < -0.39 is 16.0 Å². The van der Waals surface area contributed by atoms with Crippen LogP contribution in [-0.2, 0) is 24.3 Å². The number of ketones is 1. The highest BCUT2D eigenvalue weighted by molar-refractivity contribution is 8.15. The summed E-state index contributed by atoms with van der Waals surface area (Å²) in [6.07, 6.45) is -0.336. The molecule has 1 heterocycles. The fourth-order valence-corrected chi connectivity index (χ4v) is 3.82. The van der Waals surface area contributed by atoms with Crippen molar-refractivity contribution in [1.82, 2.24) is 0 Å². The van der Waals surface area contributed by atoms with Gasteiger partial charge >= 0.3 is 5.97 Å². The molecule has 0 spiro atoms. The molecule has 1 aliphatic rings. The van der Waals surface area contributed by atoms with Gasteiger partial charge in [0.25, 0.3) is 10.0 Å². The predicted molar refractivity (Wildman–Crippen MR) is 83.4 cm³/mol. The average molecular weight is 342 g/mol. The third-order valence-corrected chi connectivity index (χ3v) is 5.01. The van der Waals surface area contributed by atoms with Gasteiger partial charge in [0.15, 0.2) is 11.0 Å². The largest absolute Gasteiger partial charge is 0.466 e. The number of sulfonamides is 1. The Morgan fingerprint density at radius 1 is 1.32 bits per heavy atom. The van der Waals surface area contributed by atoms with Crippen molar-refractivity contribution in [3.8, 4) is 0 Å². The molecule has 22 heavy (non-hydrogen) atoms. The van der Waals surface area contributed by atoms with Crippen LogP contribution < -0.4 is 5.32 Å². The van der Waals surface area contributed by atoms with Gasteiger partial charge in [-0.2, -0.15) is 8.42 Å². The molecule has 0 atom stereocenters. The van der Waals surface area contributed by atoms with Crippen molar-refractivity contribution in [3.05, 3.63) is 24.3 Å². The standard InChI is InChI=1S/C13H14N2O5S2/c1-2-20-12(17)7-9(16)8-21-13-14-10-5-3-4-6-11(10)22(18,19)15-13/h3-6H,2,7-8H2,1H3,(H,14,15). The summed E-state index contributed by atoms with van der Waals surface area (Å²) in [5.74, 6) is -1.02. The monoisotopic (exact) mass is 342 g/mol. The number of esters is 1. The number of fused-ring (bicyclic) bond motifs is 1. The molecule has 0 saturated carbocycles. The molecule has 1 aromatic carbocycles. The highest BCUT2D eigenvalue weighted by atomic mass is 32.2. The molecular weight excluding hydrogens is 328 g/mol. The first-order valence-electron chi connectivity index (χ1n) is 6.43. The van der Waals surface area contributed by atoms with Crippen molar-refractivity contribution in [2.24, 2.45) is 4.40 Å². The van der Waals surface area contributed by atoms with E-state index in [1.165, 1.54) is 6.07 Å². The average Bonchev–Trinajstić information content (AvgIpc) is 2.45. The number of hydrogen-bond acceptors (Lipinski definition) is 7. The van der Waals surface area contributed by atoms with Crippen LogP contribution in [0.3, 0.4) is 0 Å². The summed E-state index contributed by atoms with van der Waals surface area (Å²) in [4.78, 5) is 22.9. The lowest BCUT2D eigenvalue weighted by Gasteiger charge is -2.17. The second-order valence-corrected chi connectivity index (χ2v) is 6.84. The fourth-order valence-electron chi connectivity index (χ4n) is 1.73. The lowest BCUT2D eigenvalue weighted by molar-refractivity contribution is -0.145. The lowest BCUT2D eigenvalue weighted by Crippen LogP contribution is -2.21. The van der Waals surface area contributed by atoms with Crippen LogP contribution in [-0.4, -0.2) is 37.7 Å². The van der Waals surface area contributed by atoms with E-state index in [2.05, 4.69) is 14.5 Å². The summed E-state index contributed by atoms with van der Waals surface area (Å²) in [6, 6.07) is 6.37. The van der Waals surface area contributed by atoms with Crippen LogP contribution in [0.25, 0.3) is 0 Å². The van der Waals surface area contributed by atoms with Crippen LogP contribution >= 0.6 is 11.8 Å². The van der Waals surface area contributed by atoms with Crippen LogP contribution in [0.4, 0.5) is 5.69 Å². The molecule has 0 bridgehead atoms. The molecule has 7 nitrogen and oxygen atoms in total.